The van der Waals surface area contributed by atoms with E-state index in [2.05, 4.69) is 0 Å². The molecule has 0 saturated heterocycles. The summed E-state index contributed by atoms with van der Waals surface area (Å²) in [6.45, 7) is -0.531. The van der Waals surface area contributed by atoms with E-state index in [9.17, 15) is 31.6 Å². The second kappa shape index (κ2) is 8.51. The molecule has 1 aromatic rings. The minimum absolute atomic E-state index is 0.0397. The van der Waals surface area contributed by atoms with E-state index in [1.54, 1.807) is 0 Å². The van der Waals surface area contributed by atoms with E-state index in [4.69, 9.17) is 8.85 Å². The molecule has 24 heavy (non-hydrogen) atoms. The SMILES string of the molecule is CO[Si](O)(CCCCN(F)C(=O)c1cc(F)c(F)c(F)c1F)OC. The third-order valence-corrected chi connectivity index (χ3v) is 5.55. The standard InChI is InChI=1S/C13H16F5NO4Si/c1-22-24(21,23-2)6-4-3-5-19(18)13(20)8-7-9(14)11(16)12(17)10(8)15/h7,21H,3-6H2,1-2H3. The van der Waals surface area contributed by atoms with E-state index in [1.165, 1.54) is 14.2 Å². The first-order chi connectivity index (χ1) is 11.2. The van der Waals surface area contributed by atoms with Gasteiger partial charge >= 0.3 is 8.80 Å². The lowest BCUT2D eigenvalue weighted by atomic mass is 10.1. The Kier molecular flexibility index (Phi) is 7.26. The molecule has 0 heterocycles. The molecule has 136 valence electrons. The van der Waals surface area contributed by atoms with E-state index < -0.39 is 55.2 Å². The summed E-state index contributed by atoms with van der Waals surface area (Å²) in [6, 6.07) is 0.181. The Morgan fingerprint density at radius 1 is 1.12 bits per heavy atom. The van der Waals surface area contributed by atoms with Gasteiger partial charge < -0.3 is 13.6 Å². The number of benzene rings is 1. The van der Waals surface area contributed by atoms with Crippen molar-refractivity contribution in [3.05, 3.63) is 34.9 Å². The predicted octanol–water partition coefficient (Wildman–Crippen LogP) is 2.57. The molecular formula is C13H16F5NO4Si. The van der Waals surface area contributed by atoms with Crippen LogP contribution < -0.4 is 0 Å². The summed E-state index contributed by atoms with van der Waals surface area (Å²) in [7, 11) is -0.815. The number of unbranched alkanes of at least 4 members (excludes halogenated alkanes) is 1. The molecule has 0 radical (unpaired) electrons. The van der Waals surface area contributed by atoms with Crippen LogP contribution in [0.2, 0.25) is 6.04 Å². The summed E-state index contributed by atoms with van der Waals surface area (Å²) in [5, 5.41) is -0.449. The zero-order valence-corrected chi connectivity index (χ0v) is 13.9. The Bertz CT molecular complexity index is 600. The molecule has 0 saturated carbocycles. The Labute approximate surface area is 135 Å². The maximum absolute atomic E-state index is 13.7. The van der Waals surface area contributed by atoms with Gasteiger partial charge in [-0.2, -0.15) is 5.12 Å². The molecule has 5 nitrogen and oxygen atoms in total. The van der Waals surface area contributed by atoms with Crippen LogP contribution in [-0.2, 0) is 8.85 Å². The van der Waals surface area contributed by atoms with Gasteiger partial charge in [0.2, 0.25) is 0 Å². The molecule has 1 aromatic carbocycles. The second-order valence-electron chi connectivity index (χ2n) is 4.82. The molecule has 0 bridgehead atoms. The van der Waals surface area contributed by atoms with Gasteiger partial charge in [0.15, 0.2) is 23.3 Å². The fourth-order valence-corrected chi connectivity index (χ4v) is 3.12. The summed E-state index contributed by atoms with van der Waals surface area (Å²) in [4.78, 5) is 21.4. The lowest BCUT2D eigenvalue weighted by Gasteiger charge is -2.19. The molecule has 0 fully saturated rings. The maximum atomic E-state index is 13.7. The Morgan fingerprint density at radius 2 is 1.71 bits per heavy atom. The molecular weight excluding hydrogens is 357 g/mol. The first-order valence-corrected chi connectivity index (χ1v) is 8.77. The number of carbonyl (C=O) groups is 1. The quantitative estimate of drug-likeness (QED) is 0.190. The van der Waals surface area contributed by atoms with Gasteiger partial charge in [0, 0.05) is 20.3 Å². The van der Waals surface area contributed by atoms with Crippen molar-refractivity contribution >= 4 is 14.7 Å². The largest absolute Gasteiger partial charge is 0.497 e. The number of carbonyl (C=O) groups excluding carboxylic acids is 1. The zero-order chi connectivity index (χ0) is 18.5. The zero-order valence-electron chi connectivity index (χ0n) is 12.9. The minimum Gasteiger partial charge on any atom is -0.390 e. The highest BCUT2D eigenvalue weighted by atomic mass is 28.4. The smallest absolute Gasteiger partial charge is 0.390 e. The van der Waals surface area contributed by atoms with Crippen molar-refractivity contribution in [3.8, 4) is 0 Å². The average Bonchev–Trinajstić information content (AvgIpc) is 2.58. The van der Waals surface area contributed by atoms with Crippen LogP contribution in [-0.4, -0.2) is 45.4 Å². The van der Waals surface area contributed by atoms with E-state index in [0.29, 0.717) is 0 Å². The molecule has 0 aliphatic rings. The molecule has 1 rings (SSSR count). The highest BCUT2D eigenvalue weighted by Gasteiger charge is 2.33. The number of halogens is 5. The third kappa shape index (κ3) is 4.72. The summed E-state index contributed by atoms with van der Waals surface area (Å²) in [6.07, 6.45) is 0.255. The maximum Gasteiger partial charge on any atom is 0.497 e. The lowest BCUT2D eigenvalue weighted by molar-refractivity contribution is 0.0181. The highest BCUT2D eigenvalue weighted by molar-refractivity contribution is 6.59. The fraction of sp³-hybridized carbons (Fsp3) is 0.462. The second-order valence-corrected chi connectivity index (χ2v) is 7.56. The highest BCUT2D eigenvalue weighted by Crippen LogP contribution is 2.21. The molecule has 11 heteroatoms. The number of nitrogens with zero attached hydrogens (tertiary/aromatic N) is 1. The van der Waals surface area contributed by atoms with Crippen molar-refractivity contribution in [1.82, 2.24) is 5.12 Å². The van der Waals surface area contributed by atoms with E-state index in [-0.39, 0.29) is 25.0 Å². The first-order valence-electron chi connectivity index (χ1n) is 6.80. The Hall–Kier alpha value is -1.56. The van der Waals surface area contributed by atoms with Crippen LogP contribution in [0.5, 0.6) is 0 Å². The summed E-state index contributed by atoms with van der Waals surface area (Å²) >= 11 is 0. The molecule has 0 aliphatic heterocycles. The van der Waals surface area contributed by atoms with Crippen molar-refractivity contribution in [2.24, 2.45) is 0 Å². The van der Waals surface area contributed by atoms with Crippen LogP contribution in [0.15, 0.2) is 6.07 Å². The molecule has 1 N–H and O–H groups in total. The topological polar surface area (TPSA) is 59.0 Å². The molecule has 1 amide bonds. The van der Waals surface area contributed by atoms with Crippen LogP contribution in [0.1, 0.15) is 23.2 Å². The average molecular weight is 373 g/mol. The van der Waals surface area contributed by atoms with Crippen LogP contribution >= 0.6 is 0 Å². The van der Waals surface area contributed by atoms with Crippen molar-refractivity contribution in [2.75, 3.05) is 20.8 Å². The van der Waals surface area contributed by atoms with Crippen LogP contribution in [0, 0.1) is 23.3 Å². The predicted molar refractivity (Wildman–Crippen MR) is 74.5 cm³/mol. The van der Waals surface area contributed by atoms with Gasteiger partial charge in [-0.3, -0.25) is 4.79 Å². The lowest BCUT2D eigenvalue weighted by Crippen LogP contribution is -2.40. The Morgan fingerprint density at radius 3 is 2.25 bits per heavy atom. The fourth-order valence-electron chi connectivity index (χ4n) is 1.85. The van der Waals surface area contributed by atoms with Gasteiger partial charge in [0.1, 0.15) is 0 Å². The van der Waals surface area contributed by atoms with E-state index >= 15 is 0 Å². The van der Waals surface area contributed by atoms with Crippen molar-refractivity contribution in [3.63, 3.8) is 0 Å². The first kappa shape index (κ1) is 20.5. The summed E-state index contributed by atoms with van der Waals surface area (Å²) in [5.41, 5.74) is -1.26. The number of hydrogen-bond donors (Lipinski definition) is 1. The van der Waals surface area contributed by atoms with E-state index in [0.717, 1.165) is 0 Å². The van der Waals surface area contributed by atoms with Crippen LogP contribution in [0.25, 0.3) is 0 Å². The Balaban J connectivity index is 2.67. The summed E-state index contributed by atoms with van der Waals surface area (Å²) in [5.74, 6) is -9.69. The number of rotatable bonds is 8. The van der Waals surface area contributed by atoms with Crippen LogP contribution in [0.4, 0.5) is 22.0 Å². The molecule has 0 atom stereocenters. The van der Waals surface area contributed by atoms with Gasteiger partial charge in [-0.05, 0) is 18.9 Å². The van der Waals surface area contributed by atoms with Gasteiger partial charge in [0.05, 0.1) is 12.1 Å². The van der Waals surface area contributed by atoms with Gasteiger partial charge in [-0.15, -0.1) is 0 Å². The molecule has 0 spiro atoms. The van der Waals surface area contributed by atoms with Gasteiger partial charge in [-0.1, -0.05) is 4.48 Å². The molecule has 0 unspecified atom stereocenters. The summed E-state index contributed by atoms with van der Waals surface area (Å²) < 4.78 is 75.6. The number of amides is 1. The van der Waals surface area contributed by atoms with Crippen molar-refractivity contribution in [2.45, 2.75) is 18.9 Å². The monoisotopic (exact) mass is 373 g/mol. The van der Waals surface area contributed by atoms with Gasteiger partial charge in [-0.25, -0.2) is 17.6 Å². The minimum atomic E-state index is -3.32. The van der Waals surface area contributed by atoms with Gasteiger partial charge in [0.25, 0.3) is 5.91 Å². The molecule has 0 aliphatic carbocycles. The van der Waals surface area contributed by atoms with Crippen molar-refractivity contribution in [1.29, 1.82) is 0 Å². The van der Waals surface area contributed by atoms with Crippen LogP contribution in [0.3, 0.4) is 0 Å². The number of hydrogen-bond acceptors (Lipinski definition) is 4. The van der Waals surface area contributed by atoms with E-state index in [1.807, 2.05) is 0 Å². The normalized spacial score (nSPS) is 11.7. The third-order valence-electron chi connectivity index (χ3n) is 3.29. The molecule has 0 aromatic heterocycles. The van der Waals surface area contributed by atoms with Crippen molar-refractivity contribution < 1.29 is 40.5 Å².